The van der Waals surface area contributed by atoms with E-state index in [1.165, 1.54) is 0 Å². The number of nitrogens with one attached hydrogen (secondary N) is 1. The second-order valence-electron chi connectivity index (χ2n) is 5.60. The molecular weight excluding hydrogens is 324 g/mol. The van der Waals surface area contributed by atoms with Crippen LogP contribution >= 0.6 is 11.6 Å². The van der Waals surface area contributed by atoms with Crippen molar-refractivity contribution in [1.82, 2.24) is 19.5 Å². The first-order chi connectivity index (χ1) is 10.3. The Morgan fingerprint density at radius 1 is 1.32 bits per heavy atom. The molecule has 6 nitrogen and oxygen atoms in total. The molecule has 1 heterocycles. The molecule has 3 rings (SSSR count). The van der Waals surface area contributed by atoms with Gasteiger partial charge in [-0.05, 0) is 44.0 Å². The molecule has 1 aromatic heterocycles. The van der Waals surface area contributed by atoms with Crippen LogP contribution in [0.4, 0.5) is 0 Å². The minimum Gasteiger partial charge on any atom is -0.216 e. The first-order valence-corrected chi connectivity index (χ1v) is 9.30. The average molecular weight is 341 g/mol. The van der Waals surface area contributed by atoms with Gasteiger partial charge in [0.25, 0.3) is 0 Å². The van der Waals surface area contributed by atoms with Crippen molar-refractivity contribution >= 4 is 21.6 Å². The van der Waals surface area contributed by atoms with E-state index >= 15 is 0 Å². The molecule has 0 unspecified atom stereocenters. The number of sulfonamides is 1. The second kappa shape index (κ2) is 5.64. The monoisotopic (exact) mass is 340 g/mol. The number of benzene rings is 1. The Hall–Kier alpha value is -1.44. The third-order valence-corrected chi connectivity index (χ3v) is 4.47. The summed E-state index contributed by atoms with van der Waals surface area (Å²) in [5.41, 5.74) is 0.806. The zero-order valence-corrected chi connectivity index (χ0v) is 13.9. The predicted octanol–water partition coefficient (Wildman–Crippen LogP) is 2.41. The van der Waals surface area contributed by atoms with E-state index in [1.54, 1.807) is 23.7 Å². The standard InChI is InChI=1S/C14H17ClN4O2S/c1-9(18-22(2,20)21)14-16-13(10-3-4-10)17-19(14)12-7-5-11(15)6-8-12/h5-10,18H,3-4H2,1-2H3/t9-/m0/s1. The average Bonchev–Trinajstić information content (AvgIpc) is 3.17. The van der Waals surface area contributed by atoms with Gasteiger partial charge in [-0.15, -0.1) is 0 Å². The molecule has 1 aliphatic carbocycles. The SMILES string of the molecule is C[C@H](NS(C)(=O)=O)c1nc(C2CC2)nn1-c1ccc(Cl)cc1. The molecule has 1 aliphatic rings. The highest BCUT2D eigenvalue weighted by Crippen LogP contribution is 2.38. The van der Waals surface area contributed by atoms with Crippen molar-refractivity contribution < 1.29 is 8.42 Å². The molecule has 118 valence electrons. The predicted molar refractivity (Wildman–Crippen MR) is 84.7 cm³/mol. The summed E-state index contributed by atoms with van der Waals surface area (Å²) in [6, 6.07) is 6.75. The maximum atomic E-state index is 11.5. The molecule has 2 aromatic rings. The highest BCUT2D eigenvalue weighted by Gasteiger charge is 2.30. The summed E-state index contributed by atoms with van der Waals surface area (Å²) >= 11 is 5.92. The minimum absolute atomic E-state index is 0.387. The van der Waals surface area contributed by atoms with Crippen LogP contribution in [0.25, 0.3) is 5.69 Å². The minimum atomic E-state index is -3.32. The second-order valence-corrected chi connectivity index (χ2v) is 7.82. The molecule has 1 fully saturated rings. The number of rotatable bonds is 5. The van der Waals surface area contributed by atoms with Crippen LogP contribution in [-0.2, 0) is 10.0 Å². The van der Waals surface area contributed by atoms with Crippen molar-refractivity contribution in [3.05, 3.63) is 40.9 Å². The molecule has 0 amide bonds. The normalized spacial score (nSPS) is 16.7. The van der Waals surface area contributed by atoms with E-state index in [9.17, 15) is 8.42 Å². The van der Waals surface area contributed by atoms with Crippen LogP contribution in [-0.4, -0.2) is 29.4 Å². The Labute approximate surface area is 134 Å². The van der Waals surface area contributed by atoms with E-state index < -0.39 is 16.1 Å². The van der Waals surface area contributed by atoms with Crippen molar-refractivity contribution in [1.29, 1.82) is 0 Å². The third kappa shape index (κ3) is 3.48. The highest BCUT2D eigenvalue weighted by atomic mass is 35.5. The number of nitrogens with zero attached hydrogens (tertiary/aromatic N) is 3. The summed E-state index contributed by atoms with van der Waals surface area (Å²) in [6.07, 6.45) is 3.30. The Bertz CT molecular complexity index is 782. The molecule has 1 N–H and O–H groups in total. The molecule has 1 atom stereocenters. The van der Waals surface area contributed by atoms with Gasteiger partial charge in [0.05, 0.1) is 18.0 Å². The molecule has 0 aliphatic heterocycles. The Morgan fingerprint density at radius 3 is 2.50 bits per heavy atom. The smallest absolute Gasteiger partial charge is 0.209 e. The number of halogens is 1. The van der Waals surface area contributed by atoms with Crippen LogP contribution in [0.1, 0.15) is 43.4 Å². The van der Waals surface area contributed by atoms with E-state index in [-0.39, 0.29) is 0 Å². The van der Waals surface area contributed by atoms with Gasteiger partial charge in [0, 0.05) is 10.9 Å². The Balaban J connectivity index is 2.01. The van der Waals surface area contributed by atoms with Gasteiger partial charge in [0.1, 0.15) is 5.82 Å². The fourth-order valence-corrected chi connectivity index (χ4v) is 3.16. The van der Waals surface area contributed by atoms with Gasteiger partial charge in [-0.1, -0.05) is 11.6 Å². The summed E-state index contributed by atoms with van der Waals surface area (Å²) in [7, 11) is -3.32. The Kier molecular flexibility index (Phi) is 3.96. The maximum absolute atomic E-state index is 11.5. The van der Waals surface area contributed by atoms with E-state index in [1.807, 2.05) is 12.1 Å². The van der Waals surface area contributed by atoms with Crippen LogP contribution in [0.3, 0.4) is 0 Å². The summed E-state index contributed by atoms with van der Waals surface area (Å²) in [5.74, 6) is 1.74. The fraction of sp³-hybridized carbons (Fsp3) is 0.429. The van der Waals surface area contributed by atoms with E-state index in [0.29, 0.717) is 16.8 Å². The molecule has 0 radical (unpaired) electrons. The molecule has 0 bridgehead atoms. The zero-order chi connectivity index (χ0) is 15.9. The molecule has 22 heavy (non-hydrogen) atoms. The van der Waals surface area contributed by atoms with Crippen molar-refractivity contribution in [2.24, 2.45) is 0 Å². The van der Waals surface area contributed by atoms with Crippen molar-refractivity contribution in [3.63, 3.8) is 0 Å². The fourth-order valence-electron chi connectivity index (χ4n) is 2.28. The molecule has 1 saturated carbocycles. The van der Waals surface area contributed by atoms with Crippen LogP contribution in [0, 0.1) is 0 Å². The quantitative estimate of drug-likeness (QED) is 0.906. The largest absolute Gasteiger partial charge is 0.216 e. The van der Waals surface area contributed by atoms with Gasteiger partial charge >= 0.3 is 0 Å². The lowest BCUT2D eigenvalue weighted by Crippen LogP contribution is -2.27. The number of hydrogen-bond donors (Lipinski definition) is 1. The van der Waals surface area contributed by atoms with Crippen LogP contribution < -0.4 is 4.72 Å². The third-order valence-electron chi connectivity index (χ3n) is 3.44. The maximum Gasteiger partial charge on any atom is 0.209 e. The molecular formula is C14H17ClN4O2S. The summed E-state index contributed by atoms with van der Waals surface area (Å²) in [4.78, 5) is 4.55. The van der Waals surface area contributed by atoms with Gasteiger partial charge in [-0.2, -0.15) is 5.10 Å². The van der Waals surface area contributed by atoms with Crippen molar-refractivity contribution in [3.8, 4) is 5.69 Å². The molecule has 1 aromatic carbocycles. The van der Waals surface area contributed by atoms with Gasteiger partial charge in [0.15, 0.2) is 5.82 Å². The van der Waals surface area contributed by atoms with Crippen molar-refractivity contribution in [2.45, 2.75) is 31.7 Å². The molecule has 0 spiro atoms. The first-order valence-electron chi connectivity index (χ1n) is 7.03. The van der Waals surface area contributed by atoms with Crippen molar-refractivity contribution in [2.75, 3.05) is 6.26 Å². The molecule has 0 saturated heterocycles. The van der Waals surface area contributed by atoms with Gasteiger partial charge < -0.3 is 0 Å². The highest BCUT2D eigenvalue weighted by molar-refractivity contribution is 7.88. The zero-order valence-electron chi connectivity index (χ0n) is 12.3. The van der Waals surface area contributed by atoms with E-state index in [0.717, 1.165) is 30.6 Å². The molecule has 8 heteroatoms. The lowest BCUT2D eigenvalue weighted by Gasteiger charge is -2.13. The van der Waals surface area contributed by atoms with Crippen LogP contribution in [0.15, 0.2) is 24.3 Å². The van der Waals surface area contributed by atoms with Crippen LogP contribution in [0.2, 0.25) is 5.02 Å². The van der Waals surface area contributed by atoms with E-state index in [4.69, 9.17) is 11.6 Å². The van der Waals surface area contributed by atoms with Gasteiger partial charge in [-0.3, -0.25) is 0 Å². The topological polar surface area (TPSA) is 76.9 Å². The first kappa shape index (κ1) is 15.5. The summed E-state index contributed by atoms with van der Waals surface area (Å²) in [5, 5.41) is 5.19. The Morgan fingerprint density at radius 2 is 1.95 bits per heavy atom. The number of aromatic nitrogens is 3. The lowest BCUT2D eigenvalue weighted by atomic mass is 10.3. The number of hydrogen-bond acceptors (Lipinski definition) is 4. The summed E-state index contributed by atoms with van der Waals surface area (Å²) < 4.78 is 27.2. The lowest BCUT2D eigenvalue weighted by molar-refractivity contribution is 0.560. The van der Waals surface area contributed by atoms with Gasteiger partial charge in [0.2, 0.25) is 10.0 Å². The van der Waals surface area contributed by atoms with Crippen LogP contribution in [0.5, 0.6) is 0 Å². The van der Waals surface area contributed by atoms with E-state index in [2.05, 4.69) is 14.8 Å². The summed E-state index contributed by atoms with van der Waals surface area (Å²) in [6.45, 7) is 1.76. The van der Waals surface area contributed by atoms with Gasteiger partial charge in [-0.25, -0.2) is 22.8 Å².